The summed E-state index contributed by atoms with van der Waals surface area (Å²) in [6.45, 7) is 3.13. The molecule has 1 aromatic carbocycles. The lowest BCUT2D eigenvalue weighted by atomic mass is 10.1. The highest BCUT2D eigenvalue weighted by atomic mass is 35.5. The monoisotopic (exact) mass is 386 g/mol. The number of nitrogens with one attached hydrogen (secondary N) is 1. The van der Waals surface area contributed by atoms with Crippen molar-refractivity contribution in [2.75, 3.05) is 37.6 Å². The first-order valence-corrected chi connectivity index (χ1v) is 9.44. The van der Waals surface area contributed by atoms with Gasteiger partial charge in [-0.2, -0.15) is 0 Å². The molecule has 0 bridgehead atoms. The lowest BCUT2D eigenvalue weighted by molar-refractivity contribution is -0.136. The minimum atomic E-state index is -0.241. The number of anilines is 1. The maximum absolute atomic E-state index is 12.3. The Morgan fingerprint density at radius 2 is 1.89 bits per heavy atom. The third-order valence-corrected chi connectivity index (χ3v) is 4.78. The maximum atomic E-state index is 12.3. The van der Waals surface area contributed by atoms with Gasteiger partial charge in [-0.05, 0) is 36.2 Å². The van der Waals surface area contributed by atoms with Gasteiger partial charge in [-0.15, -0.1) is 0 Å². The zero-order valence-corrected chi connectivity index (χ0v) is 15.9. The van der Waals surface area contributed by atoms with E-state index in [-0.39, 0.29) is 18.2 Å². The molecule has 0 atom stereocenters. The Hall–Kier alpha value is -2.60. The number of amides is 2. The van der Waals surface area contributed by atoms with Crippen LogP contribution in [0.3, 0.4) is 0 Å². The normalized spacial score (nSPS) is 14.1. The van der Waals surface area contributed by atoms with Crippen molar-refractivity contribution >= 4 is 29.2 Å². The van der Waals surface area contributed by atoms with Crippen molar-refractivity contribution in [2.24, 2.45) is 0 Å². The minimum absolute atomic E-state index is 0.112. The van der Waals surface area contributed by atoms with Crippen LogP contribution in [0, 0.1) is 0 Å². The van der Waals surface area contributed by atoms with E-state index in [9.17, 15) is 9.59 Å². The first-order chi connectivity index (χ1) is 13.1. The predicted octanol–water partition coefficient (Wildman–Crippen LogP) is 2.13. The number of benzene rings is 1. The van der Waals surface area contributed by atoms with Crippen LogP contribution < -0.4 is 10.2 Å². The van der Waals surface area contributed by atoms with Crippen LogP contribution in [0.2, 0.25) is 5.02 Å². The molecule has 1 N–H and O–H groups in total. The molecule has 1 aliphatic heterocycles. The number of nitrogens with zero attached hydrogens (tertiary/aromatic N) is 3. The summed E-state index contributed by atoms with van der Waals surface area (Å²) in [4.78, 5) is 32.6. The molecule has 0 spiro atoms. The molecule has 1 fully saturated rings. The van der Waals surface area contributed by atoms with Gasteiger partial charge < -0.3 is 15.1 Å². The minimum Gasteiger partial charge on any atom is -0.355 e. The average Bonchev–Trinajstić information content (AvgIpc) is 2.69. The molecule has 7 heteroatoms. The van der Waals surface area contributed by atoms with Gasteiger partial charge in [-0.25, -0.2) is 4.98 Å². The Labute approximate surface area is 164 Å². The van der Waals surface area contributed by atoms with Crippen molar-refractivity contribution in [3.63, 3.8) is 0 Å². The molecule has 142 valence electrons. The number of pyridine rings is 1. The topological polar surface area (TPSA) is 65.5 Å². The summed E-state index contributed by atoms with van der Waals surface area (Å²) >= 11 is 5.95. The zero-order valence-electron chi connectivity index (χ0n) is 15.1. The SMILES string of the molecule is O=C(CC(=O)N1CCN(c2ccccn2)CC1)NCCc1cccc(Cl)c1. The zero-order chi connectivity index (χ0) is 19.1. The number of carbonyl (C=O) groups excluding carboxylic acids is 2. The molecule has 0 saturated carbocycles. The summed E-state index contributed by atoms with van der Waals surface area (Å²) in [5, 5.41) is 3.48. The van der Waals surface area contributed by atoms with Crippen LogP contribution in [0.5, 0.6) is 0 Å². The van der Waals surface area contributed by atoms with Crippen molar-refractivity contribution in [2.45, 2.75) is 12.8 Å². The number of piperazine rings is 1. The van der Waals surface area contributed by atoms with Gasteiger partial charge in [0.05, 0.1) is 0 Å². The van der Waals surface area contributed by atoms with E-state index in [0.29, 0.717) is 31.1 Å². The molecular weight excluding hydrogens is 364 g/mol. The maximum Gasteiger partial charge on any atom is 0.232 e. The van der Waals surface area contributed by atoms with Gasteiger partial charge in [0.2, 0.25) is 11.8 Å². The fourth-order valence-electron chi connectivity index (χ4n) is 3.08. The molecule has 0 aliphatic carbocycles. The van der Waals surface area contributed by atoms with Crippen molar-refractivity contribution in [1.82, 2.24) is 15.2 Å². The molecular formula is C20H23ClN4O2. The highest BCUT2D eigenvalue weighted by Crippen LogP contribution is 2.13. The highest BCUT2D eigenvalue weighted by molar-refractivity contribution is 6.30. The molecule has 0 radical (unpaired) electrons. The first-order valence-electron chi connectivity index (χ1n) is 9.07. The van der Waals surface area contributed by atoms with Crippen molar-refractivity contribution in [3.8, 4) is 0 Å². The quantitative estimate of drug-likeness (QED) is 0.772. The Morgan fingerprint density at radius 3 is 2.59 bits per heavy atom. The molecule has 2 amide bonds. The lowest BCUT2D eigenvalue weighted by Gasteiger charge is -2.35. The Kier molecular flexibility index (Phi) is 6.65. The van der Waals surface area contributed by atoms with Gasteiger partial charge >= 0.3 is 0 Å². The predicted molar refractivity (Wildman–Crippen MR) is 106 cm³/mol. The smallest absolute Gasteiger partial charge is 0.232 e. The van der Waals surface area contributed by atoms with E-state index in [1.165, 1.54) is 0 Å². The van der Waals surface area contributed by atoms with Crippen LogP contribution in [0.15, 0.2) is 48.7 Å². The van der Waals surface area contributed by atoms with Crippen LogP contribution in [0.25, 0.3) is 0 Å². The van der Waals surface area contributed by atoms with E-state index in [1.54, 1.807) is 11.1 Å². The number of carbonyl (C=O) groups is 2. The van der Waals surface area contributed by atoms with Crippen LogP contribution in [0.4, 0.5) is 5.82 Å². The number of halogens is 1. The largest absolute Gasteiger partial charge is 0.355 e. The lowest BCUT2D eigenvalue weighted by Crippen LogP contribution is -2.49. The third kappa shape index (κ3) is 5.69. The summed E-state index contributed by atoms with van der Waals surface area (Å²) in [6, 6.07) is 13.3. The van der Waals surface area contributed by atoms with Gasteiger partial charge in [-0.1, -0.05) is 29.8 Å². The van der Waals surface area contributed by atoms with Crippen LogP contribution in [-0.2, 0) is 16.0 Å². The average molecular weight is 387 g/mol. The molecule has 2 aromatic rings. The molecule has 6 nitrogen and oxygen atoms in total. The highest BCUT2D eigenvalue weighted by Gasteiger charge is 2.23. The van der Waals surface area contributed by atoms with E-state index in [1.807, 2.05) is 42.5 Å². The second kappa shape index (κ2) is 9.37. The second-order valence-electron chi connectivity index (χ2n) is 6.46. The molecule has 27 heavy (non-hydrogen) atoms. The van der Waals surface area contributed by atoms with Crippen molar-refractivity contribution in [3.05, 3.63) is 59.2 Å². The number of hydrogen-bond donors (Lipinski definition) is 1. The van der Waals surface area contributed by atoms with Crippen molar-refractivity contribution < 1.29 is 9.59 Å². The van der Waals surface area contributed by atoms with E-state index in [4.69, 9.17) is 11.6 Å². The van der Waals surface area contributed by atoms with E-state index >= 15 is 0 Å². The summed E-state index contributed by atoms with van der Waals surface area (Å²) in [5.41, 5.74) is 1.06. The Morgan fingerprint density at radius 1 is 1.07 bits per heavy atom. The van der Waals surface area contributed by atoms with Gasteiger partial charge in [0, 0.05) is 43.9 Å². The molecule has 1 aromatic heterocycles. The summed E-state index contributed by atoms with van der Waals surface area (Å²) in [5.74, 6) is 0.550. The molecule has 2 heterocycles. The fraction of sp³-hybridized carbons (Fsp3) is 0.350. The Bertz CT molecular complexity index is 777. The fourth-order valence-corrected chi connectivity index (χ4v) is 3.29. The van der Waals surface area contributed by atoms with Crippen molar-refractivity contribution in [1.29, 1.82) is 0 Å². The Balaban J connectivity index is 1.38. The van der Waals surface area contributed by atoms with Gasteiger partial charge in [0.15, 0.2) is 0 Å². The standard InChI is InChI=1S/C20H23ClN4O2/c21-17-5-3-4-16(14-17)7-9-23-19(26)15-20(27)25-12-10-24(11-13-25)18-6-1-2-8-22-18/h1-6,8,14H,7,9-13,15H2,(H,23,26). The summed E-state index contributed by atoms with van der Waals surface area (Å²) in [6.07, 6.45) is 2.34. The molecule has 3 rings (SSSR count). The molecule has 1 aliphatic rings. The number of aromatic nitrogens is 1. The van der Waals surface area contributed by atoms with Gasteiger partial charge in [0.1, 0.15) is 12.2 Å². The van der Waals surface area contributed by atoms with Gasteiger partial charge in [0.25, 0.3) is 0 Å². The second-order valence-corrected chi connectivity index (χ2v) is 6.90. The summed E-state index contributed by atoms with van der Waals surface area (Å²) < 4.78 is 0. The third-order valence-electron chi connectivity index (χ3n) is 4.54. The number of rotatable bonds is 6. The first kappa shape index (κ1) is 19.2. The van der Waals surface area contributed by atoms with Gasteiger partial charge in [-0.3, -0.25) is 9.59 Å². The number of hydrogen-bond acceptors (Lipinski definition) is 4. The van der Waals surface area contributed by atoms with Crippen LogP contribution in [0.1, 0.15) is 12.0 Å². The van der Waals surface area contributed by atoms with E-state index in [2.05, 4.69) is 15.2 Å². The molecule has 1 saturated heterocycles. The summed E-state index contributed by atoms with van der Waals surface area (Å²) in [7, 11) is 0. The van der Waals surface area contributed by atoms with Crippen LogP contribution >= 0.6 is 11.6 Å². The van der Waals surface area contributed by atoms with E-state index < -0.39 is 0 Å². The molecule has 0 unspecified atom stereocenters. The van der Waals surface area contributed by atoms with E-state index in [0.717, 1.165) is 24.5 Å². The van der Waals surface area contributed by atoms with Crippen LogP contribution in [-0.4, -0.2) is 54.4 Å².